The van der Waals surface area contributed by atoms with Gasteiger partial charge in [-0.15, -0.1) is 0 Å². The van der Waals surface area contributed by atoms with Crippen LogP contribution in [0.4, 0.5) is 0 Å². The van der Waals surface area contributed by atoms with Crippen LogP contribution in [0.1, 0.15) is 48.5 Å². The number of unbranched alkanes of at least 4 members (excludes halogenated alkanes) is 3. The van der Waals surface area contributed by atoms with Gasteiger partial charge in [-0.05, 0) is 25.0 Å². The van der Waals surface area contributed by atoms with Crippen molar-refractivity contribution in [2.75, 3.05) is 7.11 Å². The Bertz CT molecular complexity index is 416. The van der Waals surface area contributed by atoms with Gasteiger partial charge in [-0.3, -0.25) is 0 Å². The molecule has 100 valence electrons. The number of esters is 1. The smallest absolute Gasteiger partial charge is 0.338 e. The van der Waals surface area contributed by atoms with Gasteiger partial charge in [0.25, 0.3) is 0 Å². The number of phenolic OH excluding ortho intramolecular Hbond substituents is 1. The molecule has 0 bridgehead atoms. The molecular formula is C14H19ClO3. The van der Waals surface area contributed by atoms with E-state index in [4.69, 9.17) is 16.3 Å². The zero-order chi connectivity index (χ0) is 13.5. The van der Waals surface area contributed by atoms with Crippen LogP contribution in [0.25, 0.3) is 0 Å². The molecular weight excluding hydrogens is 252 g/mol. The molecule has 0 spiro atoms. The third kappa shape index (κ3) is 3.91. The van der Waals surface area contributed by atoms with E-state index in [9.17, 15) is 9.90 Å². The molecule has 0 saturated carbocycles. The molecule has 0 amide bonds. The molecule has 0 aromatic heterocycles. The van der Waals surface area contributed by atoms with Gasteiger partial charge >= 0.3 is 5.97 Å². The molecule has 4 heteroatoms. The van der Waals surface area contributed by atoms with E-state index in [2.05, 4.69) is 6.92 Å². The van der Waals surface area contributed by atoms with Crippen LogP contribution in [0.2, 0.25) is 5.02 Å². The number of rotatable bonds is 6. The van der Waals surface area contributed by atoms with Crippen molar-refractivity contribution in [1.82, 2.24) is 0 Å². The van der Waals surface area contributed by atoms with E-state index in [1.165, 1.54) is 13.2 Å². The predicted octanol–water partition coefficient (Wildman–Crippen LogP) is 3.96. The van der Waals surface area contributed by atoms with Gasteiger partial charge in [-0.25, -0.2) is 4.79 Å². The second kappa shape index (κ2) is 7.27. The lowest BCUT2D eigenvalue weighted by Crippen LogP contribution is -2.06. The average molecular weight is 271 g/mol. The zero-order valence-electron chi connectivity index (χ0n) is 10.8. The molecule has 0 aliphatic heterocycles. The van der Waals surface area contributed by atoms with Crippen molar-refractivity contribution in [3.05, 3.63) is 28.3 Å². The molecule has 1 aromatic rings. The molecule has 0 saturated heterocycles. The molecule has 0 atom stereocenters. The number of benzene rings is 1. The first-order valence-electron chi connectivity index (χ1n) is 6.19. The second-order valence-electron chi connectivity index (χ2n) is 4.25. The van der Waals surface area contributed by atoms with Gasteiger partial charge in [0.05, 0.1) is 12.7 Å². The summed E-state index contributed by atoms with van der Waals surface area (Å²) in [4.78, 5) is 11.6. The van der Waals surface area contributed by atoms with E-state index in [-0.39, 0.29) is 5.75 Å². The lowest BCUT2D eigenvalue weighted by molar-refractivity contribution is 0.0599. The van der Waals surface area contributed by atoms with Gasteiger partial charge < -0.3 is 9.84 Å². The summed E-state index contributed by atoms with van der Waals surface area (Å²) in [5.74, 6) is -0.391. The van der Waals surface area contributed by atoms with Crippen molar-refractivity contribution < 1.29 is 14.6 Å². The molecule has 0 heterocycles. The molecule has 0 unspecified atom stereocenters. The van der Waals surface area contributed by atoms with Crippen molar-refractivity contribution in [2.45, 2.75) is 39.0 Å². The summed E-state index contributed by atoms with van der Waals surface area (Å²) < 4.78 is 4.71. The highest BCUT2D eigenvalue weighted by Gasteiger charge is 2.16. The van der Waals surface area contributed by atoms with Crippen molar-refractivity contribution in [1.29, 1.82) is 0 Å². The number of carbonyl (C=O) groups is 1. The Balaban J connectivity index is 2.90. The minimum absolute atomic E-state index is 0.0689. The lowest BCUT2D eigenvalue weighted by Gasteiger charge is -2.10. The normalized spacial score (nSPS) is 10.4. The molecule has 1 N–H and O–H groups in total. The summed E-state index contributed by atoms with van der Waals surface area (Å²) in [6.07, 6.45) is 4.98. The van der Waals surface area contributed by atoms with Crippen LogP contribution in [-0.4, -0.2) is 18.2 Å². The first kappa shape index (κ1) is 14.8. The van der Waals surface area contributed by atoms with E-state index in [1.807, 2.05) is 0 Å². The Labute approximate surface area is 113 Å². The number of hydrogen-bond donors (Lipinski definition) is 1. The number of carbonyl (C=O) groups excluding carboxylic acids is 1. The fraction of sp³-hybridized carbons (Fsp3) is 0.500. The molecule has 1 aromatic carbocycles. The number of methoxy groups -OCH3 is 1. The number of aromatic hydroxyl groups is 1. The van der Waals surface area contributed by atoms with Crippen molar-refractivity contribution in [3.63, 3.8) is 0 Å². The SMILES string of the molecule is CCCCCCc1c(O)cc(Cl)cc1C(=O)OC. The van der Waals surface area contributed by atoms with Gasteiger partial charge in [0.15, 0.2) is 0 Å². The van der Waals surface area contributed by atoms with E-state index >= 15 is 0 Å². The van der Waals surface area contributed by atoms with E-state index in [0.29, 0.717) is 22.6 Å². The third-order valence-corrected chi connectivity index (χ3v) is 3.09. The maximum atomic E-state index is 11.6. The van der Waals surface area contributed by atoms with Crippen molar-refractivity contribution in [3.8, 4) is 5.75 Å². The summed E-state index contributed by atoms with van der Waals surface area (Å²) in [5, 5.41) is 10.2. The Hall–Kier alpha value is -1.22. The zero-order valence-corrected chi connectivity index (χ0v) is 11.6. The summed E-state index contributed by atoms with van der Waals surface area (Å²) in [6, 6.07) is 3.01. The quantitative estimate of drug-likeness (QED) is 0.629. The second-order valence-corrected chi connectivity index (χ2v) is 4.69. The number of phenols is 1. The maximum absolute atomic E-state index is 11.6. The van der Waals surface area contributed by atoms with Crippen LogP contribution in [-0.2, 0) is 11.2 Å². The van der Waals surface area contributed by atoms with E-state index in [1.54, 1.807) is 6.07 Å². The molecule has 0 radical (unpaired) electrons. The number of halogens is 1. The largest absolute Gasteiger partial charge is 0.508 e. The molecule has 0 fully saturated rings. The number of hydrogen-bond acceptors (Lipinski definition) is 3. The Morgan fingerprint density at radius 1 is 1.33 bits per heavy atom. The number of ether oxygens (including phenoxy) is 1. The van der Waals surface area contributed by atoms with Gasteiger partial charge in [0.1, 0.15) is 5.75 Å². The Morgan fingerprint density at radius 3 is 2.67 bits per heavy atom. The minimum atomic E-state index is -0.460. The third-order valence-electron chi connectivity index (χ3n) is 2.88. The van der Waals surface area contributed by atoms with Gasteiger partial charge in [-0.1, -0.05) is 37.8 Å². The highest BCUT2D eigenvalue weighted by Crippen LogP contribution is 2.28. The molecule has 1 rings (SSSR count). The van der Waals surface area contributed by atoms with E-state index in [0.717, 1.165) is 25.7 Å². The maximum Gasteiger partial charge on any atom is 0.338 e. The first-order valence-corrected chi connectivity index (χ1v) is 6.57. The summed E-state index contributed by atoms with van der Waals surface area (Å²) in [6.45, 7) is 2.14. The lowest BCUT2D eigenvalue weighted by atomic mass is 10.00. The summed E-state index contributed by atoms with van der Waals surface area (Å²) in [5.41, 5.74) is 0.987. The standard InChI is InChI=1S/C14H19ClO3/c1-3-4-5-6-7-11-12(14(17)18-2)8-10(15)9-13(11)16/h8-9,16H,3-7H2,1-2H3. The average Bonchev–Trinajstić information content (AvgIpc) is 2.35. The minimum Gasteiger partial charge on any atom is -0.508 e. The molecule has 0 aliphatic rings. The van der Waals surface area contributed by atoms with Crippen LogP contribution in [0, 0.1) is 0 Å². The summed E-state index contributed by atoms with van der Waals surface area (Å²) in [7, 11) is 1.32. The highest BCUT2D eigenvalue weighted by atomic mass is 35.5. The highest BCUT2D eigenvalue weighted by molar-refractivity contribution is 6.31. The van der Waals surface area contributed by atoms with Crippen LogP contribution >= 0.6 is 11.6 Å². The molecule has 3 nitrogen and oxygen atoms in total. The van der Waals surface area contributed by atoms with Crippen LogP contribution < -0.4 is 0 Å². The van der Waals surface area contributed by atoms with Gasteiger partial charge in [0.2, 0.25) is 0 Å². The predicted molar refractivity (Wildman–Crippen MR) is 72.3 cm³/mol. The Kier molecular flexibility index (Phi) is 5.99. The first-order chi connectivity index (χ1) is 8.60. The van der Waals surface area contributed by atoms with E-state index < -0.39 is 5.97 Å². The topological polar surface area (TPSA) is 46.5 Å². The van der Waals surface area contributed by atoms with Gasteiger partial charge in [-0.2, -0.15) is 0 Å². The fourth-order valence-corrected chi connectivity index (χ4v) is 2.12. The van der Waals surface area contributed by atoms with Crippen LogP contribution in [0.5, 0.6) is 5.75 Å². The van der Waals surface area contributed by atoms with Crippen molar-refractivity contribution >= 4 is 17.6 Å². The molecule has 0 aliphatic carbocycles. The van der Waals surface area contributed by atoms with Crippen LogP contribution in [0.3, 0.4) is 0 Å². The van der Waals surface area contributed by atoms with Crippen LogP contribution in [0.15, 0.2) is 12.1 Å². The van der Waals surface area contributed by atoms with Crippen molar-refractivity contribution in [2.24, 2.45) is 0 Å². The Morgan fingerprint density at radius 2 is 2.06 bits per heavy atom. The summed E-state index contributed by atoms with van der Waals surface area (Å²) >= 11 is 5.84. The fourth-order valence-electron chi connectivity index (χ4n) is 1.91. The van der Waals surface area contributed by atoms with Gasteiger partial charge in [0, 0.05) is 10.6 Å². The molecule has 18 heavy (non-hydrogen) atoms. The monoisotopic (exact) mass is 270 g/mol.